The van der Waals surface area contributed by atoms with E-state index < -0.39 is 11.6 Å². The highest BCUT2D eigenvalue weighted by Gasteiger charge is 2.27. The SMILES string of the molecule is CN(CC(=O)OC(C)(C)C)C(=O)C[C@@H]1OCCc2ccsc21. The molecule has 22 heavy (non-hydrogen) atoms. The van der Waals surface area contributed by atoms with Crippen LogP contribution in [-0.4, -0.2) is 42.6 Å². The zero-order chi connectivity index (χ0) is 16.3. The van der Waals surface area contributed by atoms with E-state index in [0.717, 1.165) is 11.3 Å². The van der Waals surface area contributed by atoms with Crippen molar-refractivity contribution in [3.8, 4) is 0 Å². The summed E-state index contributed by atoms with van der Waals surface area (Å²) in [5.74, 6) is -0.512. The molecule has 1 aromatic heterocycles. The van der Waals surface area contributed by atoms with Crippen molar-refractivity contribution in [1.29, 1.82) is 0 Å². The summed E-state index contributed by atoms with van der Waals surface area (Å²) in [6, 6.07) is 2.09. The molecule has 0 unspecified atom stereocenters. The van der Waals surface area contributed by atoms with Gasteiger partial charge in [-0.25, -0.2) is 0 Å². The number of carbonyl (C=O) groups excluding carboxylic acids is 2. The highest BCUT2D eigenvalue weighted by molar-refractivity contribution is 7.10. The Kier molecular flexibility index (Phi) is 5.24. The van der Waals surface area contributed by atoms with Gasteiger partial charge in [-0.3, -0.25) is 9.59 Å². The molecule has 1 aromatic rings. The fourth-order valence-electron chi connectivity index (χ4n) is 2.34. The molecule has 1 amide bonds. The Morgan fingerprint density at radius 2 is 2.18 bits per heavy atom. The molecule has 0 bridgehead atoms. The normalized spacial score (nSPS) is 17.7. The molecule has 0 fully saturated rings. The fourth-order valence-corrected chi connectivity index (χ4v) is 3.35. The Hall–Kier alpha value is -1.40. The van der Waals surface area contributed by atoms with Gasteiger partial charge in [0, 0.05) is 11.9 Å². The molecule has 5 nitrogen and oxygen atoms in total. The average Bonchev–Trinajstić information content (AvgIpc) is 2.85. The largest absolute Gasteiger partial charge is 0.459 e. The first-order chi connectivity index (χ1) is 10.3. The molecule has 0 N–H and O–H groups in total. The standard InChI is InChI=1S/C16H23NO4S/c1-16(2,3)21-14(19)10-17(4)13(18)9-12-15-11(5-7-20-12)6-8-22-15/h6,8,12H,5,7,9-10H2,1-4H3/t12-/m0/s1. The molecular formula is C16H23NO4S. The van der Waals surface area contributed by atoms with Crippen LogP contribution in [0.5, 0.6) is 0 Å². The van der Waals surface area contributed by atoms with E-state index in [9.17, 15) is 9.59 Å². The molecule has 2 rings (SSSR count). The van der Waals surface area contributed by atoms with Crippen molar-refractivity contribution in [3.05, 3.63) is 21.9 Å². The maximum atomic E-state index is 12.3. The first-order valence-electron chi connectivity index (χ1n) is 7.40. The summed E-state index contributed by atoms with van der Waals surface area (Å²) in [6.07, 6.45) is 0.960. The van der Waals surface area contributed by atoms with Crippen LogP contribution in [-0.2, 0) is 25.5 Å². The number of rotatable bonds is 4. The van der Waals surface area contributed by atoms with Crippen molar-refractivity contribution in [1.82, 2.24) is 4.90 Å². The molecule has 0 spiro atoms. The van der Waals surface area contributed by atoms with Gasteiger partial charge >= 0.3 is 5.97 Å². The van der Waals surface area contributed by atoms with Gasteiger partial charge in [0.25, 0.3) is 0 Å². The number of nitrogens with zero attached hydrogens (tertiary/aromatic N) is 1. The molecule has 122 valence electrons. The van der Waals surface area contributed by atoms with Gasteiger partial charge < -0.3 is 14.4 Å². The van der Waals surface area contributed by atoms with E-state index >= 15 is 0 Å². The molecule has 1 aliphatic heterocycles. The Balaban J connectivity index is 1.89. The Labute approximate surface area is 135 Å². The molecule has 0 radical (unpaired) electrons. The lowest BCUT2D eigenvalue weighted by molar-refractivity contribution is -0.158. The number of likely N-dealkylation sites (N-methyl/N-ethyl adjacent to an activating group) is 1. The number of esters is 1. The van der Waals surface area contributed by atoms with Gasteiger partial charge in [-0.05, 0) is 44.2 Å². The first-order valence-corrected chi connectivity index (χ1v) is 8.28. The second kappa shape index (κ2) is 6.79. The summed E-state index contributed by atoms with van der Waals surface area (Å²) < 4.78 is 10.9. The van der Waals surface area contributed by atoms with Crippen molar-refractivity contribution in [2.24, 2.45) is 0 Å². The van der Waals surface area contributed by atoms with Crippen molar-refractivity contribution in [2.75, 3.05) is 20.2 Å². The Bertz CT molecular complexity index is 547. The molecule has 6 heteroatoms. The minimum atomic E-state index is -0.542. The predicted molar refractivity (Wildman–Crippen MR) is 84.8 cm³/mol. The summed E-state index contributed by atoms with van der Waals surface area (Å²) in [7, 11) is 1.62. The lowest BCUT2D eigenvalue weighted by atomic mass is 10.1. The van der Waals surface area contributed by atoms with Crippen molar-refractivity contribution in [2.45, 2.75) is 45.3 Å². The van der Waals surface area contributed by atoms with Crippen molar-refractivity contribution < 1.29 is 19.1 Å². The van der Waals surface area contributed by atoms with Gasteiger partial charge in [-0.2, -0.15) is 0 Å². The summed E-state index contributed by atoms with van der Waals surface area (Å²) >= 11 is 1.62. The predicted octanol–water partition coefficient (Wildman–Crippen LogP) is 2.55. The Morgan fingerprint density at radius 3 is 2.86 bits per heavy atom. The van der Waals surface area contributed by atoms with E-state index in [4.69, 9.17) is 9.47 Å². The van der Waals surface area contributed by atoms with Crippen LogP contribution in [0.3, 0.4) is 0 Å². The summed E-state index contributed by atoms with van der Waals surface area (Å²) in [6.45, 7) is 6.01. The van der Waals surface area contributed by atoms with Crippen LogP contribution in [0.2, 0.25) is 0 Å². The number of carbonyl (C=O) groups is 2. The number of ether oxygens (including phenoxy) is 2. The van der Waals surface area contributed by atoms with Crippen LogP contribution < -0.4 is 0 Å². The van der Waals surface area contributed by atoms with Crippen LogP contribution in [0.25, 0.3) is 0 Å². The maximum Gasteiger partial charge on any atom is 0.326 e. The van der Waals surface area contributed by atoms with E-state index in [1.807, 2.05) is 5.38 Å². The van der Waals surface area contributed by atoms with Crippen LogP contribution in [0.15, 0.2) is 11.4 Å². The number of thiophene rings is 1. The minimum absolute atomic E-state index is 0.0415. The van der Waals surface area contributed by atoms with Crippen LogP contribution >= 0.6 is 11.3 Å². The van der Waals surface area contributed by atoms with Crippen molar-refractivity contribution >= 4 is 23.2 Å². The minimum Gasteiger partial charge on any atom is -0.459 e. The van der Waals surface area contributed by atoms with Gasteiger partial charge in [0.15, 0.2) is 0 Å². The highest BCUT2D eigenvalue weighted by Crippen LogP contribution is 2.34. The number of hydrogen-bond acceptors (Lipinski definition) is 5. The molecule has 0 saturated carbocycles. The van der Waals surface area contributed by atoms with Gasteiger partial charge in [-0.1, -0.05) is 0 Å². The zero-order valence-corrected chi connectivity index (χ0v) is 14.4. The number of fused-ring (bicyclic) bond motifs is 1. The van der Waals surface area contributed by atoms with Crippen LogP contribution in [0.1, 0.15) is 43.7 Å². The lowest BCUT2D eigenvalue weighted by Gasteiger charge is -2.26. The molecule has 2 heterocycles. The van der Waals surface area contributed by atoms with Crippen LogP contribution in [0.4, 0.5) is 0 Å². The fraction of sp³-hybridized carbons (Fsp3) is 0.625. The second-order valence-electron chi connectivity index (χ2n) is 6.46. The monoisotopic (exact) mass is 325 g/mol. The van der Waals surface area contributed by atoms with E-state index in [-0.39, 0.29) is 25.0 Å². The highest BCUT2D eigenvalue weighted by atomic mass is 32.1. The summed E-state index contributed by atoms with van der Waals surface area (Å²) in [4.78, 5) is 26.6. The second-order valence-corrected chi connectivity index (χ2v) is 7.41. The molecule has 0 aliphatic carbocycles. The zero-order valence-electron chi connectivity index (χ0n) is 13.5. The van der Waals surface area contributed by atoms with Crippen molar-refractivity contribution in [3.63, 3.8) is 0 Å². The topological polar surface area (TPSA) is 55.8 Å². The van der Waals surface area contributed by atoms with E-state index in [1.165, 1.54) is 10.5 Å². The number of hydrogen-bond donors (Lipinski definition) is 0. The summed E-state index contributed by atoms with van der Waals surface area (Å²) in [5.41, 5.74) is 0.725. The molecule has 1 atom stereocenters. The molecular weight excluding hydrogens is 302 g/mol. The van der Waals surface area contributed by atoms with E-state index in [1.54, 1.807) is 39.2 Å². The van der Waals surface area contributed by atoms with Gasteiger partial charge in [0.2, 0.25) is 5.91 Å². The molecule has 1 aliphatic rings. The average molecular weight is 325 g/mol. The first kappa shape index (κ1) is 17.0. The smallest absolute Gasteiger partial charge is 0.326 e. The van der Waals surface area contributed by atoms with Gasteiger partial charge in [0.1, 0.15) is 18.2 Å². The van der Waals surface area contributed by atoms with Gasteiger partial charge in [0.05, 0.1) is 13.0 Å². The third-order valence-electron chi connectivity index (χ3n) is 3.34. The van der Waals surface area contributed by atoms with Gasteiger partial charge in [-0.15, -0.1) is 11.3 Å². The third kappa shape index (κ3) is 4.55. The number of amides is 1. The maximum absolute atomic E-state index is 12.3. The van der Waals surface area contributed by atoms with E-state index in [2.05, 4.69) is 6.07 Å². The summed E-state index contributed by atoms with van der Waals surface area (Å²) in [5, 5.41) is 2.03. The quantitative estimate of drug-likeness (QED) is 0.798. The molecule has 0 aromatic carbocycles. The lowest BCUT2D eigenvalue weighted by Crippen LogP contribution is -2.37. The van der Waals surface area contributed by atoms with E-state index in [0.29, 0.717) is 6.61 Å². The third-order valence-corrected chi connectivity index (χ3v) is 4.39. The van der Waals surface area contributed by atoms with Crippen LogP contribution in [0, 0.1) is 0 Å². The molecule has 0 saturated heterocycles. The Morgan fingerprint density at radius 1 is 1.45 bits per heavy atom.